The van der Waals surface area contributed by atoms with Gasteiger partial charge in [-0.3, -0.25) is 4.79 Å². The number of thiophene rings is 1. The van der Waals surface area contributed by atoms with Crippen LogP contribution in [0, 0.1) is 17.2 Å². The average molecular weight is 389 g/mol. The molecule has 2 atom stereocenters. The molecular formula is C20H23ClN3OS+. The molecular weight excluding hydrogens is 366 g/mol. The summed E-state index contributed by atoms with van der Waals surface area (Å²) < 4.78 is 0. The molecule has 1 aliphatic carbocycles. The van der Waals surface area contributed by atoms with E-state index < -0.39 is 0 Å². The van der Waals surface area contributed by atoms with Gasteiger partial charge in [0.05, 0.1) is 5.56 Å². The van der Waals surface area contributed by atoms with Gasteiger partial charge in [0.15, 0.2) is 6.54 Å². The summed E-state index contributed by atoms with van der Waals surface area (Å²) in [6.07, 6.45) is 3.04. The minimum atomic E-state index is -0.0815. The number of nitrogens with one attached hydrogen (secondary N) is 1. The summed E-state index contributed by atoms with van der Waals surface area (Å²) in [7, 11) is 0. The number of nitriles is 1. The lowest BCUT2D eigenvalue weighted by molar-refractivity contribution is -0.682. The minimum absolute atomic E-state index is 0.0815. The summed E-state index contributed by atoms with van der Waals surface area (Å²) >= 11 is 7.60. The van der Waals surface area contributed by atoms with Gasteiger partial charge < -0.3 is 10.6 Å². The molecule has 0 unspecified atom stereocenters. The zero-order valence-corrected chi connectivity index (χ0v) is 16.6. The van der Waals surface area contributed by atoms with Crippen LogP contribution in [0.25, 0.3) is 0 Å². The molecule has 1 aromatic heterocycles. The summed E-state index contributed by atoms with van der Waals surface area (Å²) in [5.74, 6) is 0.560. The van der Waals surface area contributed by atoms with Crippen molar-refractivity contribution in [2.45, 2.75) is 39.2 Å². The predicted molar refractivity (Wildman–Crippen MR) is 106 cm³/mol. The topological polar surface area (TPSA) is 69.5 Å². The highest BCUT2D eigenvalue weighted by Gasteiger charge is 2.25. The van der Waals surface area contributed by atoms with Crippen molar-refractivity contribution in [2.75, 3.05) is 11.9 Å². The van der Waals surface area contributed by atoms with Gasteiger partial charge in [-0.25, -0.2) is 0 Å². The molecule has 26 heavy (non-hydrogen) atoms. The minimum Gasteiger partial charge on any atom is -0.333 e. The van der Waals surface area contributed by atoms with Crippen LogP contribution in [0.5, 0.6) is 0 Å². The van der Waals surface area contributed by atoms with Crippen molar-refractivity contribution >= 4 is 33.8 Å². The van der Waals surface area contributed by atoms with E-state index in [1.54, 1.807) is 11.3 Å². The number of hydrogen-bond donors (Lipinski definition) is 2. The van der Waals surface area contributed by atoms with Crippen molar-refractivity contribution in [3.8, 4) is 6.07 Å². The van der Waals surface area contributed by atoms with Crippen LogP contribution in [0.4, 0.5) is 5.00 Å². The SMILES string of the molecule is C[C@H]1CCc2c(sc(NC(=O)C[NH2+][C@@H](C)c3cccc(Cl)c3)c2C#N)C1. The second kappa shape index (κ2) is 8.22. The smallest absolute Gasteiger partial charge is 0.280 e. The van der Waals surface area contributed by atoms with Crippen LogP contribution in [0.15, 0.2) is 24.3 Å². The van der Waals surface area contributed by atoms with Gasteiger partial charge in [-0.05, 0) is 49.8 Å². The normalized spacial score (nSPS) is 17.2. The van der Waals surface area contributed by atoms with Crippen LogP contribution in [0.1, 0.15) is 47.9 Å². The van der Waals surface area contributed by atoms with E-state index in [-0.39, 0.29) is 11.9 Å². The first kappa shape index (κ1) is 18.9. The number of rotatable bonds is 5. The van der Waals surface area contributed by atoms with Crippen molar-refractivity contribution in [3.05, 3.63) is 50.9 Å². The van der Waals surface area contributed by atoms with E-state index >= 15 is 0 Å². The predicted octanol–water partition coefficient (Wildman–Crippen LogP) is 3.66. The molecule has 136 valence electrons. The number of nitrogens with two attached hydrogens (primary N) is 1. The van der Waals surface area contributed by atoms with Gasteiger partial charge in [-0.2, -0.15) is 5.26 Å². The van der Waals surface area contributed by atoms with Crippen LogP contribution in [0.3, 0.4) is 0 Å². The first-order valence-corrected chi connectivity index (χ1v) is 10.1. The van der Waals surface area contributed by atoms with E-state index in [0.717, 1.165) is 30.4 Å². The van der Waals surface area contributed by atoms with Crippen LogP contribution in [-0.4, -0.2) is 12.5 Å². The third kappa shape index (κ3) is 4.27. The number of nitrogens with zero attached hydrogens (tertiary/aromatic N) is 1. The van der Waals surface area contributed by atoms with Crippen LogP contribution in [-0.2, 0) is 17.6 Å². The van der Waals surface area contributed by atoms with E-state index in [9.17, 15) is 10.1 Å². The molecule has 0 aliphatic heterocycles. The molecule has 0 radical (unpaired) electrons. The molecule has 4 nitrogen and oxygen atoms in total. The monoisotopic (exact) mass is 388 g/mol. The van der Waals surface area contributed by atoms with Crippen molar-refractivity contribution in [3.63, 3.8) is 0 Å². The van der Waals surface area contributed by atoms with E-state index in [2.05, 4.69) is 18.3 Å². The molecule has 0 bridgehead atoms. The molecule has 0 spiro atoms. The number of benzene rings is 1. The van der Waals surface area contributed by atoms with Gasteiger partial charge in [-0.15, -0.1) is 11.3 Å². The number of amides is 1. The largest absolute Gasteiger partial charge is 0.333 e. The highest BCUT2D eigenvalue weighted by molar-refractivity contribution is 7.16. The van der Waals surface area contributed by atoms with Crippen LogP contribution >= 0.6 is 22.9 Å². The lowest BCUT2D eigenvalue weighted by Gasteiger charge is -2.17. The number of fused-ring (bicyclic) bond motifs is 1. The van der Waals surface area contributed by atoms with Gasteiger partial charge in [0.1, 0.15) is 17.1 Å². The Morgan fingerprint density at radius 2 is 2.35 bits per heavy atom. The molecule has 6 heteroatoms. The molecule has 1 heterocycles. The van der Waals surface area contributed by atoms with E-state index in [4.69, 9.17) is 11.6 Å². The molecule has 3 rings (SSSR count). The summed E-state index contributed by atoms with van der Waals surface area (Å²) in [4.78, 5) is 13.6. The average Bonchev–Trinajstić information content (AvgIpc) is 2.95. The molecule has 0 fully saturated rings. The number of carbonyl (C=O) groups is 1. The number of carbonyl (C=O) groups excluding carboxylic acids is 1. The summed E-state index contributed by atoms with van der Waals surface area (Å²) in [6, 6.07) is 10.1. The van der Waals surface area contributed by atoms with Gasteiger partial charge >= 0.3 is 0 Å². The lowest BCUT2D eigenvalue weighted by Crippen LogP contribution is -2.86. The van der Waals surface area contributed by atoms with Crippen molar-refractivity contribution in [1.82, 2.24) is 0 Å². The lowest BCUT2D eigenvalue weighted by atomic mass is 9.89. The highest BCUT2D eigenvalue weighted by Crippen LogP contribution is 2.39. The van der Waals surface area contributed by atoms with E-state index in [0.29, 0.717) is 28.0 Å². The van der Waals surface area contributed by atoms with Crippen molar-refractivity contribution in [2.24, 2.45) is 5.92 Å². The fourth-order valence-electron chi connectivity index (χ4n) is 3.34. The Hall–Kier alpha value is -1.87. The highest BCUT2D eigenvalue weighted by atomic mass is 35.5. The Balaban J connectivity index is 1.63. The van der Waals surface area contributed by atoms with E-state index in [1.807, 2.05) is 36.5 Å². The third-order valence-electron chi connectivity index (χ3n) is 4.91. The maximum atomic E-state index is 12.4. The Bertz CT molecular complexity index is 855. The Kier molecular flexibility index (Phi) is 5.98. The molecule has 2 aromatic rings. The summed E-state index contributed by atoms with van der Waals surface area (Å²) in [5.41, 5.74) is 2.89. The van der Waals surface area contributed by atoms with Gasteiger partial charge in [0.25, 0.3) is 5.91 Å². The second-order valence-electron chi connectivity index (χ2n) is 7.00. The molecule has 1 aromatic carbocycles. The maximum absolute atomic E-state index is 12.4. The zero-order valence-electron chi connectivity index (χ0n) is 15.0. The fraction of sp³-hybridized carbons (Fsp3) is 0.400. The first-order valence-electron chi connectivity index (χ1n) is 8.91. The van der Waals surface area contributed by atoms with Gasteiger partial charge in [0.2, 0.25) is 0 Å². The van der Waals surface area contributed by atoms with Crippen molar-refractivity contribution in [1.29, 1.82) is 5.26 Å². The maximum Gasteiger partial charge on any atom is 0.280 e. The Labute approximate surface area is 163 Å². The standard InChI is InChI=1S/C20H22ClN3OS/c1-12-6-7-16-17(10-22)20(26-18(16)8-12)24-19(25)11-23-13(2)14-4-3-5-15(21)9-14/h3-5,9,12-13,23H,6-8,11H2,1-2H3,(H,24,25)/p+1/t12-,13-/m0/s1. The fourth-order valence-corrected chi connectivity index (χ4v) is 4.92. The molecule has 0 saturated heterocycles. The van der Waals surface area contributed by atoms with E-state index in [1.165, 1.54) is 4.88 Å². The Morgan fingerprint density at radius 1 is 1.54 bits per heavy atom. The number of halogens is 1. The van der Waals surface area contributed by atoms with Crippen molar-refractivity contribution < 1.29 is 10.1 Å². The molecule has 1 amide bonds. The third-order valence-corrected chi connectivity index (χ3v) is 6.31. The second-order valence-corrected chi connectivity index (χ2v) is 8.54. The summed E-state index contributed by atoms with van der Waals surface area (Å²) in [6.45, 7) is 4.58. The molecule has 0 saturated carbocycles. The zero-order chi connectivity index (χ0) is 18.7. The number of anilines is 1. The summed E-state index contributed by atoms with van der Waals surface area (Å²) in [5, 5.41) is 15.9. The quantitative estimate of drug-likeness (QED) is 0.820. The number of quaternary nitrogens is 1. The van der Waals surface area contributed by atoms with Gasteiger partial charge in [0, 0.05) is 15.5 Å². The number of hydrogen-bond acceptors (Lipinski definition) is 3. The van der Waals surface area contributed by atoms with Crippen LogP contribution in [0.2, 0.25) is 5.02 Å². The van der Waals surface area contributed by atoms with Gasteiger partial charge in [-0.1, -0.05) is 30.7 Å². The molecule has 1 aliphatic rings. The first-order chi connectivity index (χ1) is 12.5. The van der Waals surface area contributed by atoms with Crippen LogP contribution < -0.4 is 10.6 Å². The molecule has 3 N–H and O–H groups in total. The Morgan fingerprint density at radius 3 is 3.08 bits per heavy atom.